The number of allylic oxidation sites excluding steroid dienone is 2. The summed E-state index contributed by atoms with van der Waals surface area (Å²) in [6, 6.07) is 2.10. The first-order valence-electron chi connectivity index (χ1n) is 11.6. The van der Waals surface area contributed by atoms with Crippen molar-refractivity contribution in [2.75, 3.05) is 6.61 Å². The Bertz CT molecular complexity index is 1130. The fraction of sp³-hybridized carbons (Fsp3) is 0.654. The van der Waals surface area contributed by atoms with E-state index in [-0.39, 0.29) is 40.3 Å². The predicted octanol–water partition coefficient (Wildman–Crippen LogP) is 4.15. The van der Waals surface area contributed by atoms with Crippen molar-refractivity contribution in [1.29, 1.82) is 0 Å². The van der Waals surface area contributed by atoms with E-state index in [2.05, 4.69) is 45.9 Å². The monoisotopic (exact) mass is 420 g/mol. The molecule has 5 heteroatoms. The Morgan fingerprint density at radius 1 is 1.06 bits per heavy atom. The van der Waals surface area contributed by atoms with Crippen LogP contribution in [0.3, 0.4) is 0 Å². The van der Waals surface area contributed by atoms with E-state index in [9.17, 15) is 4.79 Å². The van der Waals surface area contributed by atoms with E-state index in [1.807, 2.05) is 12.3 Å². The molecule has 5 nitrogen and oxygen atoms in total. The average molecular weight is 421 g/mol. The van der Waals surface area contributed by atoms with Crippen molar-refractivity contribution in [3.05, 3.63) is 48.1 Å². The lowest BCUT2D eigenvalue weighted by Crippen LogP contribution is -2.70. The van der Waals surface area contributed by atoms with Gasteiger partial charge >= 0.3 is 0 Å². The fourth-order valence-electron chi connectivity index (χ4n) is 9.87. The van der Waals surface area contributed by atoms with E-state index >= 15 is 0 Å². The number of epoxide rings is 2. The number of hydrogen-bond donors (Lipinski definition) is 0. The number of furan rings is 1. The molecule has 1 aromatic heterocycles. The van der Waals surface area contributed by atoms with Gasteiger partial charge in [0.1, 0.15) is 11.2 Å². The van der Waals surface area contributed by atoms with Gasteiger partial charge in [0.2, 0.25) is 0 Å². The summed E-state index contributed by atoms with van der Waals surface area (Å²) in [7, 11) is 0. The summed E-state index contributed by atoms with van der Waals surface area (Å²) < 4.78 is 25.3. The summed E-state index contributed by atoms with van der Waals surface area (Å²) in [5, 5.41) is 0. The molecule has 0 N–H and O–H groups in total. The zero-order chi connectivity index (χ0) is 21.2. The van der Waals surface area contributed by atoms with Crippen LogP contribution in [0.1, 0.15) is 52.0 Å². The molecule has 1 aromatic rings. The highest BCUT2D eigenvalue weighted by atomic mass is 16.6. The molecule has 0 bridgehead atoms. The van der Waals surface area contributed by atoms with Gasteiger partial charge in [-0.25, -0.2) is 0 Å². The highest BCUT2D eigenvalue weighted by molar-refractivity contribution is 5.99. The van der Waals surface area contributed by atoms with Crippen molar-refractivity contribution in [3.63, 3.8) is 0 Å². The van der Waals surface area contributed by atoms with Crippen LogP contribution in [0.2, 0.25) is 0 Å². The van der Waals surface area contributed by atoms with Crippen molar-refractivity contribution in [1.82, 2.24) is 0 Å². The number of carbonyl (C=O) groups excluding carboxylic acids is 1. The molecule has 0 amide bonds. The van der Waals surface area contributed by atoms with Gasteiger partial charge in [-0.15, -0.1) is 0 Å². The first kappa shape index (κ1) is 17.7. The Morgan fingerprint density at radius 2 is 1.87 bits per heavy atom. The number of hydrogen-bond acceptors (Lipinski definition) is 5. The zero-order valence-corrected chi connectivity index (χ0v) is 18.4. The lowest BCUT2D eigenvalue weighted by Gasteiger charge is -2.60. The molecule has 162 valence electrons. The summed E-state index contributed by atoms with van der Waals surface area (Å²) in [5.41, 5.74) is -0.952. The maximum Gasteiger partial charge on any atom is 0.165 e. The van der Waals surface area contributed by atoms with Crippen LogP contribution in [0.15, 0.2) is 47.0 Å². The van der Waals surface area contributed by atoms with Crippen molar-refractivity contribution in [2.24, 2.45) is 27.6 Å². The Balaban J connectivity index is 1.38. The molecule has 0 radical (unpaired) electrons. The van der Waals surface area contributed by atoms with Crippen LogP contribution >= 0.6 is 0 Å². The topological polar surface area (TPSA) is 64.5 Å². The summed E-state index contributed by atoms with van der Waals surface area (Å²) in [6.07, 6.45) is 12.0. The number of rotatable bonds is 1. The Labute approximate surface area is 181 Å². The number of ketones is 1. The normalized spacial score (nSPS) is 61.4. The lowest BCUT2D eigenvalue weighted by atomic mass is 9.38. The van der Waals surface area contributed by atoms with Gasteiger partial charge in [-0.05, 0) is 49.5 Å². The van der Waals surface area contributed by atoms with E-state index < -0.39 is 16.4 Å². The van der Waals surface area contributed by atoms with E-state index in [0.29, 0.717) is 12.5 Å². The Morgan fingerprint density at radius 3 is 2.65 bits per heavy atom. The SMILES string of the molecule is CC12C=CC(=O)C3(C)C1C(=CC1(C)C45OC4CC(c4ccoc4)C5(C)CC4OC431)OC2. The highest BCUT2D eigenvalue weighted by Gasteiger charge is 2.96. The van der Waals surface area contributed by atoms with Crippen LogP contribution in [0.25, 0.3) is 0 Å². The second-order valence-corrected chi connectivity index (χ2v) is 12.0. The van der Waals surface area contributed by atoms with Crippen LogP contribution in [0.4, 0.5) is 0 Å². The molecule has 10 atom stereocenters. The lowest BCUT2D eigenvalue weighted by molar-refractivity contribution is -0.151. The molecule has 2 saturated carbocycles. The van der Waals surface area contributed by atoms with Crippen molar-refractivity contribution in [3.8, 4) is 0 Å². The maximum absolute atomic E-state index is 13.7. The minimum Gasteiger partial charge on any atom is -0.497 e. The first-order chi connectivity index (χ1) is 14.7. The third kappa shape index (κ3) is 1.40. The Hall–Kier alpha value is -1.85. The van der Waals surface area contributed by atoms with E-state index in [1.54, 1.807) is 6.26 Å². The van der Waals surface area contributed by atoms with Gasteiger partial charge in [-0.1, -0.05) is 26.8 Å². The van der Waals surface area contributed by atoms with E-state index in [1.165, 1.54) is 5.56 Å². The molecule has 4 heterocycles. The van der Waals surface area contributed by atoms with Gasteiger partial charge < -0.3 is 18.6 Å². The summed E-state index contributed by atoms with van der Waals surface area (Å²) in [6.45, 7) is 9.67. The molecule has 5 fully saturated rings. The largest absolute Gasteiger partial charge is 0.497 e. The first-order valence-corrected chi connectivity index (χ1v) is 11.6. The molecular weight excluding hydrogens is 392 g/mol. The molecule has 2 spiro atoms. The van der Waals surface area contributed by atoms with Gasteiger partial charge in [0.05, 0.1) is 47.9 Å². The highest BCUT2D eigenvalue weighted by Crippen LogP contribution is 2.87. The maximum atomic E-state index is 13.7. The average Bonchev–Trinajstić information content (AvgIpc) is 3.47. The molecule has 10 unspecified atom stereocenters. The van der Waals surface area contributed by atoms with E-state index in [4.69, 9.17) is 18.6 Å². The number of ether oxygens (including phenoxy) is 3. The smallest absolute Gasteiger partial charge is 0.165 e. The van der Waals surface area contributed by atoms with Crippen molar-refractivity contribution in [2.45, 2.75) is 69.9 Å². The number of carbonyl (C=O) groups is 1. The van der Waals surface area contributed by atoms with Gasteiger partial charge in [0.25, 0.3) is 0 Å². The van der Waals surface area contributed by atoms with Crippen LogP contribution in [-0.4, -0.2) is 35.8 Å². The summed E-state index contributed by atoms with van der Waals surface area (Å²) >= 11 is 0. The van der Waals surface area contributed by atoms with Gasteiger partial charge in [0.15, 0.2) is 5.78 Å². The fourth-order valence-corrected chi connectivity index (χ4v) is 9.87. The second kappa shape index (κ2) is 4.47. The molecular formula is C26H28O5. The van der Waals surface area contributed by atoms with E-state index in [0.717, 1.165) is 18.6 Å². The zero-order valence-electron chi connectivity index (χ0n) is 18.4. The van der Waals surface area contributed by atoms with Crippen LogP contribution in [0.5, 0.6) is 0 Å². The third-order valence-electron chi connectivity index (χ3n) is 11.0. The quantitative estimate of drug-likeness (QED) is 0.639. The van der Waals surface area contributed by atoms with Crippen LogP contribution in [-0.2, 0) is 19.0 Å². The standard InChI is InChI=1S/C26H28O5/c1-21-7-5-17(27)24(4)20(21)16(29-13-21)10-23(3)25-18(30-25)9-15(14-6-8-28-12-14)22(25,2)11-19-26(23,24)31-19/h5-8,10,12,15,18-20H,9,11,13H2,1-4H3. The van der Waals surface area contributed by atoms with Gasteiger partial charge in [0, 0.05) is 16.7 Å². The molecule has 3 aliphatic heterocycles. The van der Waals surface area contributed by atoms with Crippen LogP contribution < -0.4 is 0 Å². The predicted molar refractivity (Wildman–Crippen MR) is 110 cm³/mol. The minimum atomic E-state index is -0.642. The molecule has 3 saturated heterocycles. The van der Waals surface area contributed by atoms with Gasteiger partial charge in [-0.3, -0.25) is 4.79 Å². The van der Waals surface area contributed by atoms with Crippen molar-refractivity contribution >= 4 is 5.78 Å². The van der Waals surface area contributed by atoms with Crippen LogP contribution in [0, 0.1) is 27.6 Å². The molecule has 31 heavy (non-hydrogen) atoms. The second-order valence-electron chi connectivity index (χ2n) is 12.0. The summed E-state index contributed by atoms with van der Waals surface area (Å²) in [4.78, 5) is 13.7. The minimum absolute atomic E-state index is 0.0274. The molecule has 8 rings (SSSR count). The third-order valence-corrected chi connectivity index (χ3v) is 11.0. The Kier molecular flexibility index (Phi) is 2.55. The summed E-state index contributed by atoms with van der Waals surface area (Å²) in [5.74, 6) is 1.55. The molecule has 4 aliphatic carbocycles. The van der Waals surface area contributed by atoms with Crippen molar-refractivity contribution < 1.29 is 23.4 Å². The molecule has 7 aliphatic rings. The molecule has 0 aromatic carbocycles. The van der Waals surface area contributed by atoms with Gasteiger partial charge in [-0.2, -0.15) is 0 Å².